The molecule has 0 heterocycles. The summed E-state index contributed by atoms with van der Waals surface area (Å²) in [6.45, 7) is 13.7. The predicted octanol–water partition coefficient (Wildman–Crippen LogP) is 8.59. The van der Waals surface area contributed by atoms with Gasteiger partial charge in [-0.25, -0.2) is 0 Å². The SMILES string of the molecule is CCP(CC)CC.CCP(CC)CC.[I][Zn][I].[I][Zn][I]. The summed E-state index contributed by atoms with van der Waals surface area (Å²) in [4.78, 5) is 0. The second-order valence-electron chi connectivity index (χ2n) is 3.44. The molecule has 0 unspecified atom stereocenters. The van der Waals surface area contributed by atoms with E-state index >= 15 is 0 Å². The summed E-state index contributed by atoms with van der Waals surface area (Å²) in [5.41, 5.74) is 0. The van der Waals surface area contributed by atoms with Gasteiger partial charge in [0.2, 0.25) is 0 Å². The van der Waals surface area contributed by atoms with E-state index in [1.54, 1.807) is 0 Å². The average molecular weight is 875 g/mol. The van der Waals surface area contributed by atoms with E-state index in [2.05, 4.69) is 121 Å². The summed E-state index contributed by atoms with van der Waals surface area (Å²) in [6, 6.07) is 0. The Morgan fingerprint density at radius 3 is 0.600 bits per heavy atom. The Bertz CT molecular complexity index is 105. The van der Waals surface area contributed by atoms with Crippen molar-refractivity contribution < 1.29 is 20.2 Å². The Balaban J connectivity index is -0.0000000927. The van der Waals surface area contributed by atoms with Gasteiger partial charge in [0.05, 0.1) is 0 Å². The molecule has 0 spiro atoms. The van der Waals surface area contributed by atoms with Gasteiger partial charge in [-0.05, 0) is 37.0 Å². The zero-order chi connectivity index (χ0) is 16.8. The van der Waals surface area contributed by atoms with E-state index < -0.39 is 0 Å². The monoisotopic (exact) mass is 872 g/mol. The van der Waals surface area contributed by atoms with Crippen LogP contribution in [-0.4, -0.2) is 37.0 Å². The first-order valence-electron chi connectivity index (χ1n) is 7.21. The molecule has 20 heavy (non-hydrogen) atoms. The molecule has 0 aliphatic heterocycles. The minimum absolute atomic E-state index is 0.0650. The molecule has 0 aromatic heterocycles. The Morgan fingerprint density at radius 1 is 0.500 bits per heavy atom. The standard InChI is InChI=1S/2C6H15P.4HI.2Zn/c2*1-4-7(5-2)6-3;;;;;;/h2*4-6H2,1-3H3;4*1H;;/q;;;;;;2*+2/p-4. The quantitative estimate of drug-likeness (QED) is 0.143. The molecule has 0 aliphatic rings. The molecular weight excluding hydrogens is 844 g/mol. The van der Waals surface area contributed by atoms with Crippen molar-refractivity contribution in [3.8, 4) is 0 Å². The summed E-state index contributed by atoms with van der Waals surface area (Å²) < 4.78 is 0. The van der Waals surface area contributed by atoms with Gasteiger partial charge in [0.15, 0.2) is 0 Å². The Morgan fingerprint density at radius 2 is 0.600 bits per heavy atom. The van der Waals surface area contributed by atoms with Crippen LogP contribution >= 0.6 is 94.8 Å². The number of rotatable bonds is 6. The Hall–Kier alpha value is 5.03. The first kappa shape index (κ1) is 32.7. The molecule has 0 aliphatic carbocycles. The van der Waals surface area contributed by atoms with Crippen LogP contribution in [0.3, 0.4) is 0 Å². The van der Waals surface area contributed by atoms with Gasteiger partial charge in [0, 0.05) is 0 Å². The van der Waals surface area contributed by atoms with Crippen LogP contribution in [0.5, 0.6) is 0 Å². The molecule has 0 radical (unpaired) electrons. The third-order valence-electron chi connectivity index (χ3n) is 2.68. The normalized spacial score (nSPS) is 8.20. The summed E-state index contributed by atoms with van der Waals surface area (Å²) >= 11 is 9.85. The second kappa shape index (κ2) is 35.2. The van der Waals surface area contributed by atoms with Gasteiger partial charge in [-0.15, -0.1) is 15.8 Å². The minimum atomic E-state index is 0.0650. The third-order valence-corrected chi connectivity index (χ3v) is 8.05. The summed E-state index contributed by atoms with van der Waals surface area (Å²) in [7, 11) is 1.02. The van der Waals surface area contributed by atoms with Crippen molar-refractivity contribution in [3.63, 3.8) is 0 Å². The third kappa shape index (κ3) is 38.5. The van der Waals surface area contributed by atoms with Crippen LogP contribution in [0, 0.1) is 0 Å². The van der Waals surface area contributed by atoms with Crippen LogP contribution in [0.4, 0.5) is 0 Å². The van der Waals surface area contributed by atoms with E-state index in [0.29, 0.717) is 15.8 Å². The molecular formula is C12H30I4P2Zn2. The van der Waals surface area contributed by atoms with Crippen LogP contribution < -0.4 is 0 Å². The fraction of sp³-hybridized carbons (Fsp3) is 1.00. The number of hydrogen-bond acceptors (Lipinski definition) is 0. The van der Waals surface area contributed by atoms with Crippen molar-refractivity contribution in [1.82, 2.24) is 0 Å². The fourth-order valence-corrected chi connectivity index (χ4v) is 4.02. The van der Waals surface area contributed by atoms with E-state index in [4.69, 9.17) is 0 Å². The molecule has 0 bridgehead atoms. The van der Waals surface area contributed by atoms with Gasteiger partial charge >= 0.3 is 99.2 Å². The summed E-state index contributed by atoms with van der Waals surface area (Å²) in [5, 5.41) is 0. The molecule has 0 fully saturated rings. The maximum absolute atomic E-state index is 2.46. The zero-order valence-electron chi connectivity index (χ0n) is 14.1. The van der Waals surface area contributed by atoms with Crippen LogP contribution in [0.2, 0.25) is 0 Å². The van der Waals surface area contributed by atoms with Gasteiger partial charge in [0.1, 0.15) is 0 Å². The summed E-state index contributed by atoms with van der Waals surface area (Å²) in [6.07, 6.45) is 8.51. The molecule has 0 N–H and O–H groups in total. The van der Waals surface area contributed by atoms with Crippen molar-refractivity contribution in [2.45, 2.75) is 41.5 Å². The van der Waals surface area contributed by atoms with Gasteiger partial charge in [-0.1, -0.05) is 41.5 Å². The zero-order valence-corrected chi connectivity index (χ0v) is 30.4. The molecule has 0 aromatic rings. The molecule has 0 rings (SSSR count). The van der Waals surface area contributed by atoms with E-state index in [1.165, 1.54) is 37.0 Å². The topological polar surface area (TPSA) is 0 Å². The van der Waals surface area contributed by atoms with Crippen molar-refractivity contribution in [1.29, 1.82) is 0 Å². The number of halogens is 4. The Labute approximate surface area is 189 Å². The molecule has 0 amide bonds. The van der Waals surface area contributed by atoms with Gasteiger partial charge in [-0.2, -0.15) is 0 Å². The van der Waals surface area contributed by atoms with Crippen molar-refractivity contribution in [2.24, 2.45) is 0 Å². The molecule has 8 heteroatoms. The van der Waals surface area contributed by atoms with Gasteiger partial charge in [0.25, 0.3) is 0 Å². The predicted molar refractivity (Wildman–Crippen MR) is 133 cm³/mol. The number of hydrogen-bond donors (Lipinski definition) is 0. The van der Waals surface area contributed by atoms with Crippen LogP contribution in [0.1, 0.15) is 41.5 Å². The first-order valence-corrected chi connectivity index (χ1v) is 47.2. The van der Waals surface area contributed by atoms with Crippen molar-refractivity contribution in [2.75, 3.05) is 37.0 Å². The van der Waals surface area contributed by atoms with E-state index in [1.807, 2.05) is 0 Å². The maximum atomic E-state index is 2.46. The second-order valence-corrected chi connectivity index (χ2v) is 57.0. The molecule has 0 aromatic carbocycles. The Kier molecular flexibility index (Phi) is 57.5. The van der Waals surface area contributed by atoms with Crippen molar-refractivity contribution in [3.05, 3.63) is 0 Å². The van der Waals surface area contributed by atoms with Crippen LogP contribution in [0.25, 0.3) is 0 Å². The fourth-order valence-electron chi connectivity index (χ4n) is 1.34. The van der Waals surface area contributed by atoms with Crippen LogP contribution in [-0.2, 0) is 20.2 Å². The molecule has 0 nitrogen and oxygen atoms in total. The van der Waals surface area contributed by atoms with Gasteiger partial charge in [-0.3, -0.25) is 0 Å². The molecule has 0 saturated carbocycles. The average Bonchev–Trinajstić information content (AvgIpc) is 2.45. The first-order chi connectivity index (χ1) is 9.52. The molecule has 120 valence electrons. The van der Waals surface area contributed by atoms with Crippen molar-refractivity contribution >= 4 is 94.8 Å². The van der Waals surface area contributed by atoms with Crippen LogP contribution in [0.15, 0.2) is 0 Å². The van der Waals surface area contributed by atoms with E-state index in [9.17, 15) is 0 Å². The van der Waals surface area contributed by atoms with E-state index in [0.717, 1.165) is 0 Å². The summed E-state index contributed by atoms with van der Waals surface area (Å²) in [5.74, 6) is 0. The molecule has 0 atom stereocenters. The molecule has 0 saturated heterocycles. The van der Waals surface area contributed by atoms with E-state index in [-0.39, 0.29) is 20.2 Å². The van der Waals surface area contributed by atoms with Gasteiger partial charge < -0.3 is 0 Å².